The zero-order valence-electron chi connectivity index (χ0n) is 16.9. The van der Waals surface area contributed by atoms with Crippen LogP contribution in [0.4, 0.5) is 0 Å². The summed E-state index contributed by atoms with van der Waals surface area (Å²) in [7, 11) is 0. The Morgan fingerprint density at radius 3 is 2.53 bits per heavy atom. The van der Waals surface area contributed by atoms with E-state index in [1.165, 1.54) is 5.56 Å². The summed E-state index contributed by atoms with van der Waals surface area (Å²) in [6.45, 7) is 4.77. The molecule has 0 bridgehead atoms. The van der Waals surface area contributed by atoms with Gasteiger partial charge in [-0.2, -0.15) is 5.10 Å². The highest BCUT2D eigenvalue weighted by atomic mass is 35.5. The van der Waals surface area contributed by atoms with E-state index in [2.05, 4.69) is 46.3 Å². The van der Waals surface area contributed by atoms with Gasteiger partial charge in [0.1, 0.15) is 0 Å². The molecule has 0 radical (unpaired) electrons. The summed E-state index contributed by atoms with van der Waals surface area (Å²) in [5.74, 6) is -0.332. The summed E-state index contributed by atoms with van der Waals surface area (Å²) in [6, 6.07) is 23.9. The fourth-order valence-corrected chi connectivity index (χ4v) is 3.93. The van der Waals surface area contributed by atoms with E-state index in [0.29, 0.717) is 10.6 Å². The lowest BCUT2D eigenvalue weighted by atomic mass is 10.1. The maximum atomic E-state index is 12.4. The Morgan fingerprint density at radius 1 is 1.03 bits per heavy atom. The summed E-state index contributed by atoms with van der Waals surface area (Å²) in [5.41, 5.74) is 8.44. The summed E-state index contributed by atoms with van der Waals surface area (Å²) in [5, 5.41) is 5.73. The lowest BCUT2D eigenvalue weighted by Gasteiger charge is -2.08. The molecule has 0 saturated carbocycles. The van der Waals surface area contributed by atoms with Gasteiger partial charge in [0.05, 0.1) is 16.8 Å². The number of carbonyl (C=O) groups is 1. The van der Waals surface area contributed by atoms with Crippen LogP contribution >= 0.6 is 11.6 Å². The van der Waals surface area contributed by atoms with Crippen LogP contribution in [-0.2, 0) is 6.54 Å². The quantitative estimate of drug-likeness (QED) is 0.328. The van der Waals surface area contributed by atoms with Crippen molar-refractivity contribution in [3.8, 4) is 0 Å². The topological polar surface area (TPSA) is 46.4 Å². The van der Waals surface area contributed by atoms with Gasteiger partial charge in [-0.3, -0.25) is 4.79 Å². The highest BCUT2D eigenvalue weighted by Gasteiger charge is 2.13. The number of aromatic nitrogens is 1. The molecule has 3 aromatic carbocycles. The van der Waals surface area contributed by atoms with E-state index in [4.69, 9.17) is 11.6 Å². The van der Waals surface area contributed by atoms with Gasteiger partial charge in [0.2, 0.25) is 0 Å². The SMILES string of the molecule is Cc1ccc(C(=O)N/N=C\c2c(C)n(Cc3ccccc3)c3ccccc23)c(Cl)c1. The van der Waals surface area contributed by atoms with Crippen LogP contribution in [0.2, 0.25) is 5.02 Å². The molecule has 0 aliphatic heterocycles. The number of nitrogens with zero attached hydrogens (tertiary/aromatic N) is 2. The van der Waals surface area contributed by atoms with Crippen LogP contribution in [0.15, 0.2) is 77.9 Å². The van der Waals surface area contributed by atoms with E-state index < -0.39 is 0 Å². The fraction of sp³-hybridized carbons (Fsp3) is 0.120. The highest BCUT2D eigenvalue weighted by Crippen LogP contribution is 2.25. The van der Waals surface area contributed by atoms with Gasteiger partial charge in [-0.15, -0.1) is 0 Å². The van der Waals surface area contributed by atoms with Crippen molar-refractivity contribution < 1.29 is 4.79 Å². The van der Waals surface area contributed by atoms with Gasteiger partial charge in [-0.05, 0) is 43.2 Å². The molecule has 0 aliphatic carbocycles. The average molecular weight is 416 g/mol. The van der Waals surface area contributed by atoms with E-state index in [9.17, 15) is 4.79 Å². The Hall–Kier alpha value is -3.37. The van der Waals surface area contributed by atoms with Gasteiger partial charge in [0, 0.05) is 28.7 Å². The maximum Gasteiger partial charge on any atom is 0.272 e. The molecule has 0 atom stereocenters. The van der Waals surface area contributed by atoms with Crippen molar-refractivity contribution in [1.82, 2.24) is 9.99 Å². The van der Waals surface area contributed by atoms with Crippen LogP contribution in [0.25, 0.3) is 10.9 Å². The van der Waals surface area contributed by atoms with Gasteiger partial charge in [-0.25, -0.2) is 5.43 Å². The molecule has 30 heavy (non-hydrogen) atoms. The molecule has 4 nitrogen and oxygen atoms in total. The lowest BCUT2D eigenvalue weighted by molar-refractivity contribution is 0.0955. The third-order valence-corrected chi connectivity index (χ3v) is 5.50. The minimum atomic E-state index is -0.332. The zero-order chi connectivity index (χ0) is 21.1. The molecule has 4 aromatic rings. The molecular formula is C25H22ClN3O. The first-order chi connectivity index (χ1) is 14.5. The second-order valence-electron chi connectivity index (χ2n) is 7.27. The minimum Gasteiger partial charge on any atom is -0.340 e. The number of para-hydroxylation sites is 1. The fourth-order valence-electron chi connectivity index (χ4n) is 3.61. The Bertz CT molecular complexity index is 1240. The van der Waals surface area contributed by atoms with Crippen molar-refractivity contribution in [1.29, 1.82) is 0 Å². The number of fused-ring (bicyclic) bond motifs is 1. The van der Waals surface area contributed by atoms with Crippen molar-refractivity contribution in [2.24, 2.45) is 5.10 Å². The first-order valence-electron chi connectivity index (χ1n) is 9.76. The highest BCUT2D eigenvalue weighted by molar-refractivity contribution is 6.33. The molecule has 1 aromatic heterocycles. The second-order valence-corrected chi connectivity index (χ2v) is 7.68. The number of nitrogens with one attached hydrogen (secondary N) is 1. The van der Waals surface area contributed by atoms with Gasteiger partial charge >= 0.3 is 0 Å². The first kappa shape index (κ1) is 19.9. The van der Waals surface area contributed by atoms with E-state index in [1.54, 1.807) is 18.3 Å². The van der Waals surface area contributed by atoms with Crippen LogP contribution in [0.3, 0.4) is 0 Å². The Balaban J connectivity index is 1.62. The van der Waals surface area contributed by atoms with Crippen molar-refractivity contribution in [3.63, 3.8) is 0 Å². The Kier molecular flexibility index (Phi) is 5.68. The lowest BCUT2D eigenvalue weighted by Crippen LogP contribution is -2.18. The molecule has 1 amide bonds. The molecule has 0 aliphatic rings. The maximum absolute atomic E-state index is 12.4. The van der Waals surface area contributed by atoms with Crippen molar-refractivity contribution in [2.45, 2.75) is 20.4 Å². The monoisotopic (exact) mass is 415 g/mol. The molecule has 0 fully saturated rings. The number of amides is 1. The average Bonchev–Trinajstić information content (AvgIpc) is 3.00. The number of aryl methyl sites for hydroxylation is 1. The molecule has 4 rings (SSSR count). The summed E-state index contributed by atoms with van der Waals surface area (Å²) in [4.78, 5) is 12.4. The number of benzene rings is 3. The van der Waals surface area contributed by atoms with Crippen LogP contribution < -0.4 is 5.43 Å². The van der Waals surface area contributed by atoms with Crippen LogP contribution in [0.5, 0.6) is 0 Å². The predicted molar refractivity (Wildman–Crippen MR) is 123 cm³/mol. The van der Waals surface area contributed by atoms with Gasteiger partial charge < -0.3 is 4.57 Å². The normalized spacial score (nSPS) is 11.3. The van der Waals surface area contributed by atoms with Crippen LogP contribution in [0.1, 0.15) is 32.7 Å². The molecule has 0 saturated heterocycles. The summed E-state index contributed by atoms with van der Waals surface area (Å²) in [6.07, 6.45) is 1.71. The third-order valence-electron chi connectivity index (χ3n) is 5.19. The van der Waals surface area contributed by atoms with Crippen molar-refractivity contribution in [2.75, 3.05) is 0 Å². The zero-order valence-corrected chi connectivity index (χ0v) is 17.6. The molecule has 150 valence electrons. The number of hydrazone groups is 1. The third kappa shape index (κ3) is 4.00. The minimum absolute atomic E-state index is 0.332. The van der Waals surface area contributed by atoms with Crippen LogP contribution in [0, 0.1) is 13.8 Å². The number of hydrogen-bond donors (Lipinski definition) is 1. The predicted octanol–water partition coefficient (Wildman–Crippen LogP) is 5.72. The standard InChI is InChI=1S/C25H22ClN3O/c1-17-12-13-21(23(26)14-17)25(30)28-27-15-22-18(2)29(16-19-8-4-3-5-9-19)24-11-7-6-10-20(22)24/h3-15H,16H2,1-2H3,(H,28,30)/b27-15-. The van der Waals surface area contributed by atoms with Gasteiger partial charge in [0.25, 0.3) is 5.91 Å². The first-order valence-corrected chi connectivity index (χ1v) is 10.1. The molecule has 0 unspecified atom stereocenters. The van der Waals surface area contributed by atoms with E-state index in [1.807, 2.05) is 43.3 Å². The van der Waals surface area contributed by atoms with Gasteiger partial charge in [0.15, 0.2) is 0 Å². The van der Waals surface area contributed by atoms with E-state index in [0.717, 1.165) is 34.3 Å². The van der Waals surface area contributed by atoms with Crippen molar-refractivity contribution >= 4 is 34.6 Å². The Morgan fingerprint density at radius 2 is 1.77 bits per heavy atom. The molecular weight excluding hydrogens is 394 g/mol. The summed E-state index contributed by atoms with van der Waals surface area (Å²) < 4.78 is 2.27. The Labute approximate surface area is 180 Å². The smallest absolute Gasteiger partial charge is 0.272 e. The number of hydrogen-bond acceptors (Lipinski definition) is 2. The number of rotatable bonds is 5. The molecule has 0 spiro atoms. The number of halogens is 1. The van der Waals surface area contributed by atoms with Crippen LogP contribution in [-0.4, -0.2) is 16.7 Å². The molecule has 1 heterocycles. The second kappa shape index (κ2) is 8.56. The van der Waals surface area contributed by atoms with E-state index in [-0.39, 0.29) is 5.91 Å². The molecule has 5 heteroatoms. The van der Waals surface area contributed by atoms with E-state index >= 15 is 0 Å². The summed E-state index contributed by atoms with van der Waals surface area (Å²) >= 11 is 6.19. The van der Waals surface area contributed by atoms with Gasteiger partial charge in [-0.1, -0.05) is 66.2 Å². The number of carbonyl (C=O) groups excluding carboxylic acids is 1. The largest absolute Gasteiger partial charge is 0.340 e. The van der Waals surface area contributed by atoms with Crippen molar-refractivity contribution in [3.05, 3.63) is 106 Å². The molecule has 1 N–H and O–H groups in total.